The molecule has 4 aliphatic carbocycles. The molecule has 6 aromatic heterocycles. The van der Waals surface area contributed by atoms with Crippen LogP contribution in [0.1, 0.15) is 92.1 Å². The zero-order valence-corrected chi connectivity index (χ0v) is 32.7. The molecule has 0 aliphatic heterocycles. The van der Waals surface area contributed by atoms with Gasteiger partial charge in [0.2, 0.25) is 0 Å². The second kappa shape index (κ2) is 15.4. The van der Waals surface area contributed by atoms with Gasteiger partial charge in [-0.05, 0) is 62.8 Å². The van der Waals surface area contributed by atoms with E-state index >= 15 is 0 Å². The van der Waals surface area contributed by atoms with E-state index in [1.807, 2.05) is 42.7 Å². The summed E-state index contributed by atoms with van der Waals surface area (Å²) in [6, 6.07) is 7.65. The van der Waals surface area contributed by atoms with Crippen molar-refractivity contribution in [3.05, 3.63) is 107 Å². The number of carbonyl (C=O) groups excluding carboxylic acids is 2. The number of carbonyl (C=O) groups is 2. The third-order valence-corrected chi connectivity index (χ3v) is 12.4. The van der Waals surface area contributed by atoms with Crippen molar-refractivity contribution in [2.75, 3.05) is 14.2 Å². The van der Waals surface area contributed by atoms with E-state index in [2.05, 4.69) is 34.6 Å². The van der Waals surface area contributed by atoms with Crippen molar-refractivity contribution < 1.29 is 41.7 Å². The van der Waals surface area contributed by atoms with Crippen molar-refractivity contribution in [3.8, 4) is 0 Å². The van der Waals surface area contributed by atoms with Crippen LogP contribution >= 0.6 is 0 Å². The first-order valence-electron chi connectivity index (χ1n) is 19.3. The van der Waals surface area contributed by atoms with Crippen LogP contribution in [-0.4, -0.2) is 82.6 Å². The SMILES string of the molecule is COC(=O)c1c[nH]c2ncncc12.COC(=O)c1cn(Cc2ccc(C3CC4C(C3)C4(F)F)nc2C)c2ncncc12.Cc1nc(C2CC3C(C2)C3(F)F)ccc1CO. The number of aromatic nitrogens is 8. The number of fused-ring (bicyclic) bond motifs is 4. The van der Waals surface area contributed by atoms with Crippen LogP contribution in [0, 0.1) is 37.5 Å². The highest BCUT2D eigenvalue weighted by atomic mass is 19.3. The summed E-state index contributed by atoms with van der Waals surface area (Å²) < 4.78 is 64.4. The topological polar surface area (TPSA) is 171 Å². The lowest BCUT2D eigenvalue weighted by atomic mass is 9.97. The number of aliphatic hydroxyl groups is 1. The number of hydrogen-bond donors (Lipinski definition) is 2. The van der Waals surface area contributed by atoms with Crippen molar-refractivity contribution in [2.45, 2.75) is 76.4 Å². The fourth-order valence-corrected chi connectivity index (χ4v) is 8.86. The maximum Gasteiger partial charge on any atom is 0.340 e. The first-order chi connectivity index (χ1) is 28.3. The van der Waals surface area contributed by atoms with Crippen LogP contribution in [0.4, 0.5) is 17.6 Å². The second-order valence-corrected chi connectivity index (χ2v) is 15.6. The van der Waals surface area contributed by atoms with E-state index in [1.165, 1.54) is 26.9 Å². The number of rotatable bonds is 7. The van der Waals surface area contributed by atoms with Crippen LogP contribution in [0.15, 0.2) is 61.7 Å². The number of methoxy groups -OCH3 is 2. The van der Waals surface area contributed by atoms with E-state index in [-0.39, 0.29) is 24.4 Å². The molecule has 6 heterocycles. The monoisotopic (exact) mass is 814 g/mol. The van der Waals surface area contributed by atoms with Crippen LogP contribution in [0.5, 0.6) is 0 Å². The molecule has 4 saturated carbocycles. The van der Waals surface area contributed by atoms with Gasteiger partial charge in [-0.2, -0.15) is 0 Å². The van der Waals surface area contributed by atoms with E-state index < -0.39 is 41.5 Å². The molecule has 59 heavy (non-hydrogen) atoms. The molecular formula is C42H42F4N8O5. The molecule has 4 aliphatic rings. The summed E-state index contributed by atoms with van der Waals surface area (Å²) in [6.07, 6.45) is 11.5. The number of nitrogens with zero attached hydrogens (tertiary/aromatic N) is 7. The van der Waals surface area contributed by atoms with Crippen LogP contribution in [0.3, 0.4) is 0 Å². The number of nitrogens with one attached hydrogen (secondary N) is 1. The average Bonchev–Trinajstić information content (AvgIpc) is 3.77. The van der Waals surface area contributed by atoms with Gasteiger partial charge >= 0.3 is 11.9 Å². The molecule has 4 fully saturated rings. The van der Waals surface area contributed by atoms with E-state index in [0.717, 1.165) is 33.9 Å². The van der Waals surface area contributed by atoms with Crippen LogP contribution in [0.25, 0.3) is 22.1 Å². The first-order valence-corrected chi connectivity index (χ1v) is 19.3. The van der Waals surface area contributed by atoms with Gasteiger partial charge in [0.25, 0.3) is 11.8 Å². The fraction of sp³-hybridized carbons (Fsp3) is 0.429. The molecule has 4 unspecified atom stereocenters. The number of pyridine rings is 2. The first kappa shape index (κ1) is 40.0. The Bertz CT molecular complexity index is 2530. The lowest BCUT2D eigenvalue weighted by molar-refractivity contribution is 0.0594. The molecule has 6 aromatic rings. The highest BCUT2D eigenvalue weighted by Gasteiger charge is 2.72. The van der Waals surface area contributed by atoms with Gasteiger partial charge in [-0.3, -0.25) is 9.97 Å². The van der Waals surface area contributed by atoms with E-state index in [0.29, 0.717) is 65.4 Å². The Morgan fingerprint density at radius 2 is 1.27 bits per heavy atom. The maximum absolute atomic E-state index is 13.5. The van der Waals surface area contributed by atoms with Gasteiger partial charge in [0.15, 0.2) is 0 Å². The largest absolute Gasteiger partial charge is 0.465 e. The minimum atomic E-state index is -2.46. The summed E-state index contributed by atoms with van der Waals surface area (Å²) in [4.78, 5) is 51.3. The van der Waals surface area contributed by atoms with Crippen molar-refractivity contribution in [2.24, 2.45) is 23.7 Å². The lowest BCUT2D eigenvalue weighted by Gasteiger charge is -2.16. The van der Waals surface area contributed by atoms with Gasteiger partial charge in [-0.25, -0.2) is 47.1 Å². The van der Waals surface area contributed by atoms with E-state index in [9.17, 15) is 27.2 Å². The molecule has 13 nitrogen and oxygen atoms in total. The number of esters is 2. The normalized spacial score (nSPS) is 23.9. The number of aromatic amines is 1. The molecule has 0 amide bonds. The Balaban J connectivity index is 0.000000136. The van der Waals surface area contributed by atoms with Crippen molar-refractivity contribution in [1.29, 1.82) is 0 Å². The molecule has 0 saturated heterocycles. The number of H-pyrrole nitrogens is 1. The lowest BCUT2D eigenvalue weighted by Crippen LogP contribution is -2.10. The molecule has 2 N–H and O–H groups in total. The standard InChI is InChI=1S/C21H20F2N4O2.C13H15F2NO.C8H7N3O2/c1-11-12(3-4-18(26-11)13-5-16-17(6-13)21(16,22)23)8-27-9-15(20(28)29-2)14-7-24-10-25-19(14)27;1-7-8(6-17)2-3-12(16-7)9-4-10-11(5-9)13(10,14)15;1-13-8(12)6-3-10-7-5(6)2-9-4-11-7/h3-4,7,9-10,13,16-17H,5-6,8H2,1-2H3;2-3,9-11,17H,4-6H2,1H3;2-4H,1H3,(H,9,10,11). The summed E-state index contributed by atoms with van der Waals surface area (Å²) in [7, 11) is 2.68. The third-order valence-electron chi connectivity index (χ3n) is 12.4. The molecule has 0 aromatic carbocycles. The number of alkyl halides is 4. The number of halogens is 4. The van der Waals surface area contributed by atoms with Gasteiger partial charge in [-0.1, -0.05) is 12.1 Å². The zero-order chi connectivity index (χ0) is 41.8. The number of ether oxygens (including phenoxy) is 2. The minimum Gasteiger partial charge on any atom is -0.465 e. The van der Waals surface area contributed by atoms with Crippen molar-refractivity contribution in [3.63, 3.8) is 0 Å². The molecule has 0 bridgehead atoms. The summed E-state index contributed by atoms with van der Waals surface area (Å²) in [6.45, 7) is 4.23. The van der Waals surface area contributed by atoms with Crippen LogP contribution in [-0.2, 0) is 22.6 Å². The number of aryl methyl sites for hydroxylation is 2. The summed E-state index contributed by atoms with van der Waals surface area (Å²) in [5.74, 6) is -7.14. The Morgan fingerprint density at radius 3 is 1.80 bits per heavy atom. The Morgan fingerprint density at radius 1 is 0.763 bits per heavy atom. The molecule has 0 spiro atoms. The summed E-state index contributed by atoms with van der Waals surface area (Å²) in [5.41, 5.74) is 7.39. The summed E-state index contributed by atoms with van der Waals surface area (Å²) in [5, 5.41) is 10.4. The third kappa shape index (κ3) is 7.40. The molecule has 0 radical (unpaired) electrons. The van der Waals surface area contributed by atoms with Crippen LogP contribution in [0.2, 0.25) is 0 Å². The van der Waals surface area contributed by atoms with Gasteiger partial charge < -0.3 is 24.1 Å². The molecule has 17 heteroatoms. The number of aliphatic hydroxyl groups excluding tert-OH is 1. The number of hydrogen-bond acceptors (Lipinski definition) is 11. The highest BCUT2D eigenvalue weighted by Crippen LogP contribution is 2.68. The Hall–Kier alpha value is -5.84. The predicted octanol–water partition coefficient (Wildman–Crippen LogP) is 7.11. The van der Waals surface area contributed by atoms with Gasteiger partial charge in [-0.15, -0.1) is 0 Å². The van der Waals surface area contributed by atoms with Gasteiger partial charge in [0.05, 0.1) is 49.3 Å². The van der Waals surface area contributed by atoms with E-state index in [4.69, 9.17) is 14.8 Å². The second-order valence-electron chi connectivity index (χ2n) is 15.6. The minimum absolute atomic E-state index is 0.0207. The van der Waals surface area contributed by atoms with Gasteiger partial charge in [0.1, 0.15) is 23.9 Å². The highest BCUT2D eigenvalue weighted by molar-refractivity contribution is 6.03. The van der Waals surface area contributed by atoms with Gasteiger partial charge in [0, 0.05) is 83.1 Å². The Labute approximate surface area is 335 Å². The van der Waals surface area contributed by atoms with Crippen LogP contribution < -0.4 is 0 Å². The molecular weight excluding hydrogens is 773 g/mol. The average molecular weight is 815 g/mol. The van der Waals surface area contributed by atoms with Crippen molar-refractivity contribution in [1.82, 2.24) is 39.5 Å². The smallest absolute Gasteiger partial charge is 0.340 e. The summed E-state index contributed by atoms with van der Waals surface area (Å²) >= 11 is 0. The van der Waals surface area contributed by atoms with E-state index in [1.54, 1.807) is 24.8 Å². The fourth-order valence-electron chi connectivity index (χ4n) is 8.86. The molecule has 4 atom stereocenters. The van der Waals surface area contributed by atoms with Crippen molar-refractivity contribution >= 4 is 34.0 Å². The Kier molecular flexibility index (Phi) is 10.4. The quantitative estimate of drug-likeness (QED) is 0.124. The molecule has 10 rings (SSSR count). The predicted molar refractivity (Wildman–Crippen MR) is 205 cm³/mol. The maximum atomic E-state index is 13.5. The zero-order valence-electron chi connectivity index (χ0n) is 32.7. The molecule has 308 valence electrons.